The lowest BCUT2D eigenvalue weighted by atomic mass is 10.2. The summed E-state index contributed by atoms with van der Waals surface area (Å²) in [5, 5.41) is 4.81. The van der Waals surface area contributed by atoms with E-state index in [0.717, 1.165) is 43.5 Å². The first-order chi connectivity index (χ1) is 17.1. The summed E-state index contributed by atoms with van der Waals surface area (Å²) in [4.78, 5) is 43.4. The van der Waals surface area contributed by atoms with Gasteiger partial charge in [-0.05, 0) is 32.0 Å². The molecule has 0 radical (unpaired) electrons. The molecule has 1 saturated heterocycles. The summed E-state index contributed by atoms with van der Waals surface area (Å²) in [7, 11) is 0. The van der Waals surface area contributed by atoms with Crippen molar-refractivity contribution in [2.75, 3.05) is 24.1 Å². The van der Waals surface area contributed by atoms with Gasteiger partial charge in [-0.25, -0.2) is 19.9 Å². The van der Waals surface area contributed by atoms with Gasteiger partial charge in [0.1, 0.15) is 33.5 Å². The van der Waals surface area contributed by atoms with Crippen molar-refractivity contribution < 1.29 is 22.8 Å². The third-order valence-corrected chi connectivity index (χ3v) is 6.65. The number of carbonyl (C=O) groups is 2. The van der Waals surface area contributed by atoms with Crippen molar-refractivity contribution in [1.29, 1.82) is 0 Å². The summed E-state index contributed by atoms with van der Waals surface area (Å²) in [6.45, 7) is 2.28. The topological polar surface area (TPSA) is 139 Å². The van der Waals surface area contributed by atoms with Crippen LogP contribution in [0.3, 0.4) is 0 Å². The molecule has 4 N–H and O–H groups in total. The van der Waals surface area contributed by atoms with Gasteiger partial charge in [-0.15, -0.1) is 11.3 Å². The molecule has 1 fully saturated rings. The van der Waals surface area contributed by atoms with E-state index in [9.17, 15) is 22.8 Å². The van der Waals surface area contributed by atoms with E-state index in [4.69, 9.17) is 17.3 Å². The fourth-order valence-electron chi connectivity index (χ4n) is 3.58. The van der Waals surface area contributed by atoms with E-state index in [1.54, 1.807) is 0 Å². The maximum atomic E-state index is 13.0. The number of nitrogens with two attached hydrogens (primary N) is 1. The molecule has 0 saturated carbocycles. The zero-order valence-corrected chi connectivity index (χ0v) is 20.2. The van der Waals surface area contributed by atoms with Gasteiger partial charge in [-0.2, -0.15) is 13.2 Å². The van der Waals surface area contributed by atoms with Crippen LogP contribution in [0.15, 0.2) is 24.8 Å². The van der Waals surface area contributed by atoms with E-state index in [2.05, 4.69) is 35.5 Å². The van der Waals surface area contributed by atoms with E-state index in [-0.39, 0.29) is 28.8 Å². The SMILES string of the molecule is Nc1ncnc(C(=O)NCc2ncc(C(=O)Nc3cc(C(F)(F)F)c(Cl)cn3)s2)c1CN1CCCC1. The first-order valence-corrected chi connectivity index (χ1v) is 11.9. The van der Waals surface area contributed by atoms with Crippen LogP contribution < -0.4 is 16.4 Å². The van der Waals surface area contributed by atoms with Crippen molar-refractivity contribution in [1.82, 2.24) is 30.2 Å². The van der Waals surface area contributed by atoms with Crippen molar-refractivity contribution in [3.8, 4) is 0 Å². The lowest BCUT2D eigenvalue weighted by Gasteiger charge is -2.17. The molecular formula is C21H20ClF3N8O2S. The number of anilines is 2. The van der Waals surface area contributed by atoms with Crippen molar-refractivity contribution in [2.45, 2.75) is 32.1 Å². The minimum Gasteiger partial charge on any atom is -0.383 e. The number of nitrogen functional groups attached to an aromatic ring is 1. The summed E-state index contributed by atoms with van der Waals surface area (Å²) in [5.41, 5.74) is 5.60. The highest BCUT2D eigenvalue weighted by Gasteiger charge is 2.34. The van der Waals surface area contributed by atoms with Crippen molar-refractivity contribution in [3.63, 3.8) is 0 Å². The Morgan fingerprint density at radius 1 is 1.11 bits per heavy atom. The standard InChI is InChI=1S/C21H20ClF3N8O2S/c22-13-6-27-15(5-12(13)21(23,24)25)32-19(34)14-7-28-16(36-14)8-29-20(35)17-11(18(26)31-10-30-17)9-33-3-1-2-4-33/h5-7,10H,1-4,8-9H2,(H,29,35)(H2,26,30,31)(H,27,32,34). The first kappa shape index (κ1) is 25.7. The Bertz CT molecular complexity index is 1280. The molecule has 4 rings (SSSR count). The second kappa shape index (κ2) is 10.7. The maximum absolute atomic E-state index is 13.0. The van der Waals surface area contributed by atoms with Gasteiger partial charge in [-0.3, -0.25) is 14.5 Å². The van der Waals surface area contributed by atoms with Gasteiger partial charge in [0, 0.05) is 18.3 Å². The maximum Gasteiger partial charge on any atom is 0.418 e. The summed E-state index contributed by atoms with van der Waals surface area (Å²) < 4.78 is 39.1. The molecule has 36 heavy (non-hydrogen) atoms. The Hall–Kier alpha value is -3.36. The smallest absolute Gasteiger partial charge is 0.383 e. The largest absolute Gasteiger partial charge is 0.418 e. The van der Waals surface area contributed by atoms with Gasteiger partial charge >= 0.3 is 6.18 Å². The molecular weight excluding hydrogens is 521 g/mol. The lowest BCUT2D eigenvalue weighted by Crippen LogP contribution is -2.28. The lowest BCUT2D eigenvalue weighted by molar-refractivity contribution is -0.137. The second-order valence-corrected chi connectivity index (χ2v) is 9.39. The number of nitrogens with zero attached hydrogens (tertiary/aromatic N) is 5. The molecule has 0 spiro atoms. The Balaban J connectivity index is 1.39. The van der Waals surface area contributed by atoms with Crippen LogP contribution in [0.5, 0.6) is 0 Å². The Morgan fingerprint density at radius 3 is 2.58 bits per heavy atom. The van der Waals surface area contributed by atoms with E-state index in [1.165, 1.54) is 12.5 Å². The van der Waals surface area contributed by atoms with Crippen LogP contribution in [-0.4, -0.2) is 49.7 Å². The van der Waals surface area contributed by atoms with Crippen LogP contribution in [0.25, 0.3) is 0 Å². The number of nitrogens with one attached hydrogen (secondary N) is 2. The number of rotatable bonds is 7. The minimum atomic E-state index is -4.70. The van der Waals surface area contributed by atoms with Gasteiger partial charge in [0.05, 0.1) is 23.3 Å². The van der Waals surface area contributed by atoms with Crippen LogP contribution in [0, 0.1) is 0 Å². The van der Waals surface area contributed by atoms with Crippen LogP contribution in [0.4, 0.5) is 24.8 Å². The number of alkyl halides is 3. The van der Waals surface area contributed by atoms with Crippen LogP contribution in [0.2, 0.25) is 5.02 Å². The van der Waals surface area contributed by atoms with Gasteiger partial charge in [0.25, 0.3) is 11.8 Å². The molecule has 0 bridgehead atoms. The molecule has 3 aromatic rings. The minimum absolute atomic E-state index is 0.00125. The molecule has 0 aromatic carbocycles. The third kappa shape index (κ3) is 6.06. The zero-order valence-electron chi connectivity index (χ0n) is 18.6. The molecule has 2 amide bonds. The van der Waals surface area contributed by atoms with Gasteiger partial charge < -0.3 is 16.4 Å². The molecule has 0 atom stereocenters. The van der Waals surface area contributed by atoms with Crippen LogP contribution >= 0.6 is 22.9 Å². The first-order valence-electron chi connectivity index (χ1n) is 10.7. The summed E-state index contributed by atoms with van der Waals surface area (Å²) >= 11 is 6.51. The summed E-state index contributed by atoms with van der Waals surface area (Å²) in [5.74, 6) is -1.25. The highest BCUT2D eigenvalue weighted by atomic mass is 35.5. The van der Waals surface area contributed by atoms with Crippen LogP contribution in [-0.2, 0) is 19.3 Å². The molecule has 0 aliphatic carbocycles. The fourth-order valence-corrected chi connectivity index (χ4v) is 4.54. The number of halogens is 4. The van der Waals surface area contributed by atoms with Gasteiger partial charge in [-0.1, -0.05) is 11.6 Å². The molecule has 10 nitrogen and oxygen atoms in total. The summed E-state index contributed by atoms with van der Waals surface area (Å²) in [6, 6.07) is 0.648. The molecule has 1 aliphatic rings. The van der Waals surface area contributed by atoms with Gasteiger partial charge in [0.15, 0.2) is 0 Å². The predicted molar refractivity (Wildman–Crippen MR) is 126 cm³/mol. The molecule has 0 unspecified atom stereocenters. The number of carbonyl (C=O) groups excluding carboxylic acids is 2. The quantitative estimate of drug-likeness (QED) is 0.414. The number of likely N-dealkylation sites (tertiary alicyclic amines) is 1. The second-order valence-electron chi connectivity index (χ2n) is 7.87. The Kier molecular flexibility index (Phi) is 7.66. The monoisotopic (exact) mass is 540 g/mol. The Morgan fingerprint density at radius 2 is 1.86 bits per heavy atom. The van der Waals surface area contributed by atoms with Gasteiger partial charge in [0.2, 0.25) is 0 Å². The zero-order chi connectivity index (χ0) is 25.9. The number of hydrogen-bond donors (Lipinski definition) is 3. The third-order valence-electron chi connectivity index (χ3n) is 5.35. The highest BCUT2D eigenvalue weighted by molar-refractivity contribution is 7.13. The molecule has 190 valence electrons. The molecule has 1 aliphatic heterocycles. The van der Waals surface area contributed by atoms with E-state index in [0.29, 0.717) is 23.2 Å². The molecule has 3 aromatic heterocycles. The van der Waals surface area contributed by atoms with Crippen LogP contribution in [0.1, 0.15) is 49.1 Å². The molecule has 15 heteroatoms. The number of amides is 2. The Labute approximate surface area is 212 Å². The fraction of sp³-hybridized carbons (Fsp3) is 0.333. The van der Waals surface area contributed by atoms with Crippen molar-refractivity contribution in [3.05, 3.63) is 56.5 Å². The molecule has 4 heterocycles. The average molecular weight is 541 g/mol. The number of pyridine rings is 1. The van der Waals surface area contributed by atoms with E-state index >= 15 is 0 Å². The number of aromatic nitrogens is 4. The normalized spacial score (nSPS) is 14.1. The predicted octanol–water partition coefficient (Wildman–Crippen LogP) is 3.36. The number of hydrogen-bond acceptors (Lipinski definition) is 9. The average Bonchev–Trinajstić information content (AvgIpc) is 3.51. The van der Waals surface area contributed by atoms with Crippen molar-refractivity contribution >= 4 is 46.4 Å². The number of thiazole rings is 1. The summed E-state index contributed by atoms with van der Waals surface area (Å²) in [6.07, 6.45) is 0.741. The van der Waals surface area contributed by atoms with Crippen molar-refractivity contribution in [2.24, 2.45) is 0 Å². The van der Waals surface area contributed by atoms with E-state index < -0.39 is 28.6 Å². The highest BCUT2D eigenvalue weighted by Crippen LogP contribution is 2.35. The van der Waals surface area contributed by atoms with E-state index in [1.807, 2.05) is 0 Å².